The number of carbonyl (C=O) groups is 1. The fourth-order valence-electron chi connectivity index (χ4n) is 1.51. The lowest BCUT2D eigenvalue weighted by Gasteiger charge is -2.21. The Bertz CT molecular complexity index is 379. The zero-order valence-electron chi connectivity index (χ0n) is 11.2. The van der Waals surface area contributed by atoms with Gasteiger partial charge in [-0.25, -0.2) is 0 Å². The monoisotopic (exact) mass is 251 g/mol. The Labute approximate surface area is 108 Å². The lowest BCUT2D eigenvalue weighted by molar-refractivity contribution is -0.135. The SMILES string of the molecule is CC(C)(C)Oc1ccc(CCNCC(=O)O)cc1. The van der Waals surface area contributed by atoms with Crippen LogP contribution in [0.3, 0.4) is 0 Å². The number of rotatable bonds is 6. The molecular formula is C14H21NO3. The highest BCUT2D eigenvalue weighted by molar-refractivity contribution is 5.68. The summed E-state index contributed by atoms with van der Waals surface area (Å²) in [5, 5.41) is 11.3. The van der Waals surface area contributed by atoms with Gasteiger partial charge >= 0.3 is 5.97 Å². The molecule has 0 heterocycles. The van der Waals surface area contributed by atoms with Crippen molar-refractivity contribution in [2.75, 3.05) is 13.1 Å². The number of nitrogens with one attached hydrogen (secondary N) is 1. The van der Waals surface area contributed by atoms with E-state index in [4.69, 9.17) is 9.84 Å². The maximum absolute atomic E-state index is 10.3. The number of hydrogen-bond donors (Lipinski definition) is 2. The van der Waals surface area contributed by atoms with E-state index in [1.165, 1.54) is 0 Å². The second-order valence-electron chi connectivity index (χ2n) is 5.18. The van der Waals surface area contributed by atoms with E-state index in [0.717, 1.165) is 17.7 Å². The molecule has 1 aromatic carbocycles. The minimum atomic E-state index is -0.830. The van der Waals surface area contributed by atoms with Crippen LogP contribution in [0.25, 0.3) is 0 Å². The first-order valence-electron chi connectivity index (χ1n) is 6.07. The van der Waals surface area contributed by atoms with Crippen LogP contribution in [0.5, 0.6) is 5.75 Å². The van der Waals surface area contributed by atoms with Crippen LogP contribution in [0.15, 0.2) is 24.3 Å². The molecule has 4 heteroatoms. The second-order valence-corrected chi connectivity index (χ2v) is 5.18. The first-order valence-corrected chi connectivity index (χ1v) is 6.07. The van der Waals surface area contributed by atoms with Crippen molar-refractivity contribution < 1.29 is 14.6 Å². The molecule has 0 aliphatic heterocycles. The largest absolute Gasteiger partial charge is 0.488 e. The van der Waals surface area contributed by atoms with Crippen molar-refractivity contribution in [2.45, 2.75) is 32.8 Å². The molecule has 0 amide bonds. The predicted molar refractivity (Wildman–Crippen MR) is 71.0 cm³/mol. The summed E-state index contributed by atoms with van der Waals surface area (Å²) in [5.74, 6) is 0.0219. The molecular weight excluding hydrogens is 230 g/mol. The third kappa shape index (κ3) is 6.25. The van der Waals surface area contributed by atoms with Crippen molar-refractivity contribution in [2.24, 2.45) is 0 Å². The Morgan fingerprint density at radius 1 is 1.28 bits per heavy atom. The Morgan fingerprint density at radius 2 is 1.89 bits per heavy atom. The van der Waals surface area contributed by atoms with Crippen molar-refractivity contribution >= 4 is 5.97 Å². The lowest BCUT2D eigenvalue weighted by atomic mass is 10.1. The van der Waals surface area contributed by atoms with E-state index in [1.807, 2.05) is 45.0 Å². The van der Waals surface area contributed by atoms with Gasteiger partial charge in [0.2, 0.25) is 0 Å². The number of carboxylic acid groups (broad SMARTS) is 1. The zero-order valence-corrected chi connectivity index (χ0v) is 11.2. The molecule has 2 N–H and O–H groups in total. The van der Waals surface area contributed by atoms with Crippen LogP contribution in [-0.4, -0.2) is 29.8 Å². The third-order valence-electron chi connectivity index (χ3n) is 2.21. The van der Waals surface area contributed by atoms with Gasteiger partial charge in [0.15, 0.2) is 0 Å². The molecule has 18 heavy (non-hydrogen) atoms. The highest BCUT2D eigenvalue weighted by Crippen LogP contribution is 2.18. The summed E-state index contributed by atoms with van der Waals surface area (Å²) in [7, 11) is 0. The fourth-order valence-corrected chi connectivity index (χ4v) is 1.51. The van der Waals surface area contributed by atoms with E-state index in [0.29, 0.717) is 6.54 Å². The van der Waals surface area contributed by atoms with Crippen LogP contribution < -0.4 is 10.1 Å². The Morgan fingerprint density at radius 3 is 2.39 bits per heavy atom. The summed E-state index contributed by atoms with van der Waals surface area (Å²) < 4.78 is 5.72. The molecule has 1 aromatic rings. The second kappa shape index (κ2) is 6.40. The summed E-state index contributed by atoms with van der Waals surface area (Å²) in [6, 6.07) is 7.89. The van der Waals surface area contributed by atoms with Gasteiger partial charge in [0, 0.05) is 0 Å². The number of carboxylic acids is 1. The molecule has 0 aliphatic rings. The summed E-state index contributed by atoms with van der Waals surface area (Å²) in [4.78, 5) is 10.3. The third-order valence-corrected chi connectivity index (χ3v) is 2.21. The van der Waals surface area contributed by atoms with E-state index >= 15 is 0 Å². The van der Waals surface area contributed by atoms with Gasteiger partial charge in [-0.15, -0.1) is 0 Å². The van der Waals surface area contributed by atoms with Crippen molar-refractivity contribution in [3.05, 3.63) is 29.8 Å². The van der Waals surface area contributed by atoms with Gasteiger partial charge in [-0.1, -0.05) is 12.1 Å². The van der Waals surface area contributed by atoms with Crippen molar-refractivity contribution in [1.29, 1.82) is 0 Å². The topological polar surface area (TPSA) is 58.6 Å². The molecule has 100 valence electrons. The Hall–Kier alpha value is -1.55. The van der Waals surface area contributed by atoms with Crippen LogP contribution in [0, 0.1) is 0 Å². The maximum Gasteiger partial charge on any atom is 0.317 e. The van der Waals surface area contributed by atoms with E-state index in [1.54, 1.807) is 0 Å². The molecule has 0 saturated heterocycles. The minimum Gasteiger partial charge on any atom is -0.488 e. The maximum atomic E-state index is 10.3. The van der Waals surface area contributed by atoms with Crippen LogP contribution in [-0.2, 0) is 11.2 Å². The quantitative estimate of drug-likeness (QED) is 0.760. The molecule has 1 rings (SSSR count). The lowest BCUT2D eigenvalue weighted by Crippen LogP contribution is -2.24. The van der Waals surface area contributed by atoms with Gasteiger partial charge in [-0.3, -0.25) is 4.79 Å². The standard InChI is InChI=1S/C14H21NO3/c1-14(2,3)18-12-6-4-11(5-7-12)8-9-15-10-13(16)17/h4-7,15H,8-10H2,1-3H3,(H,16,17). The number of benzene rings is 1. The van der Waals surface area contributed by atoms with E-state index in [-0.39, 0.29) is 12.1 Å². The zero-order chi connectivity index (χ0) is 13.6. The molecule has 0 saturated carbocycles. The minimum absolute atomic E-state index is 0.00518. The molecule has 0 spiro atoms. The van der Waals surface area contributed by atoms with Gasteiger partial charge in [-0.05, 0) is 51.4 Å². The summed E-state index contributed by atoms with van der Waals surface area (Å²) >= 11 is 0. The summed E-state index contributed by atoms with van der Waals surface area (Å²) in [6.07, 6.45) is 0.809. The van der Waals surface area contributed by atoms with Crippen molar-refractivity contribution in [1.82, 2.24) is 5.32 Å². The van der Waals surface area contributed by atoms with Gasteiger partial charge in [0.1, 0.15) is 11.4 Å². The predicted octanol–water partition coefficient (Wildman–Crippen LogP) is 2.08. The first-order chi connectivity index (χ1) is 8.37. The number of hydrogen-bond acceptors (Lipinski definition) is 3. The number of aliphatic carboxylic acids is 1. The van der Waals surface area contributed by atoms with Crippen LogP contribution >= 0.6 is 0 Å². The average Bonchev–Trinajstić information content (AvgIpc) is 2.24. The van der Waals surface area contributed by atoms with Gasteiger partial charge < -0.3 is 15.2 Å². The van der Waals surface area contributed by atoms with Gasteiger partial charge in [-0.2, -0.15) is 0 Å². The molecule has 0 fully saturated rings. The molecule has 0 atom stereocenters. The van der Waals surface area contributed by atoms with Crippen LogP contribution in [0.1, 0.15) is 26.3 Å². The highest BCUT2D eigenvalue weighted by atomic mass is 16.5. The normalized spacial score (nSPS) is 11.3. The molecule has 0 bridgehead atoms. The smallest absolute Gasteiger partial charge is 0.317 e. The van der Waals surface area contributed by atoms with Crippen LogP contribution in [0.2, 0.25) is 0 Å². The van der Waals surface area contributed by atoms with E-state index < -0.39 is 5.97 Å². The molecule has 0 radical (unpaired) electrons. The first kappa shape index (κ1) is 14.5. The van der Waals surface area contributed by atoms with E-state index in [9.17, 15) is 4.79 Å². The summed E-state index contributed by atoms with van der Waals surface area (Å²) in [5.41, 5.74) is 0.971. The van der Waals surface area contributed by atoms with Crippen molar-refractivity contribution in [3.63, 3.8) is 0 Å². The fraction of sp³-hybridized carbons (Fsp3) is 0.500. The molecule has 0 unspecified atom stereocenters. The average molecular weight is 251 g/mol. The Balaban J connectivity index is 2.38. The van der Waals surface area contributed by atoms with Gasteiger partial charge in [0.05, 0.1) is 6.54 Å². The van der Waals surface area contributed by atoms with Crippen molar-refractivity contribution in [3.8, 4) is 5.75 Å². The summed E-state index contributed by atoms with van der Waals surface area (Å²) in [6.45, 7) is 6.70. The highest BCUT2D eigenvalue weighted by Gasteiger charge is 2.11. The van der Waals surface area contributed by atoms with E-state index in [2.05, 4.69) is 5.32 Å². The Kier molecular flexibility index (Phi) is 5.16. The van der Waals surface area contributed by atoms with Crippen LogP contribution in [0.4, 0.5) is 0 Å². The molecule has 4 nitrogen and oxygen atoms in total. The van der Waals surface area contributed by atoms with Gasteiger partial charge in [0.25, 0.3) is 0 Å². The molecule has 0 aliphatic carbocycles. The number of ether oxygens (including phenoxy) is 1. The molecule has 0 aromatic heterocycles.